The summed E-state index contributed by atoms with van der Waals surface area (Å²) in [5, 5.41) is 14.9. The summed E-state index contributed by atoms with van der Waals surface area (Å²) in [6.07, 6.45) is 0. The van der Waals surface area contributed by atoms with E-state index in [9.17, 15) is 14.7 Å². The first-order chi connectivity index (χ1) is 9.06. The quantitative estimate of drug-likeness (QED) is 0.439. The number of Topliss-reactive ketones (excluding diaryl/α,β-unsaturated/α-hetero) is 1. The zero-order valence-corrected chi connectivity index (χ0v) is 10.2. The largest absolute Gasteiger partial charge is 0.539 e. The van der Waals surface area contributed by atoms with Crippen molar-refractivity contribution in [2.45, 2.75) is 6.92 Å². The van der Waals surface area contributed by atoms with E-state index in [-0.39, 0.29) is 16.9 Å². The van der Waals surface area contributed by atoms with Crippen molar-refractivity contribution in [3.8, 4) is 11.6 Å². The summed E-state index contributed by atoms with van der Waals surface area (Å²) in [5.74, 6) is -1.97. The Morgan fingerprint density at radius 1 is 1.37 bits per heavy atom. The molecule has 0 atom stereocenters. The van der Waals surface area contributed by atoms with Crippen LogP contribution in [0, 0.1) is 0 Å². The number of hydrogen-bond acceptors (Lipinski definition) is 6. The summed E-state index contributed by atoms with van der Waals surface area (Å²) in [5.41, 5.74) is 0.160. The summed E-state index contributed by atoms with van der Waals surface area (Å²) in [6.45, 7) is 1.21. The molecule has 0 unspecified atom stereocenters. The Kier molecular flexibility index (Phi) is 3.28. The molecule has 1 aromatic carbocycles. The molecule has 0 spiro atoms. The van der Waals surface area contributed by atoms with Gasteiger partial charge in [-0.2, -0.15) is 0 Å². The van der Waals surface area contributed by atoms with Gasteiger partial charge in [-0.15, -0.1) is 0 Å². The molecule has 0 saturated carbocycles. The predicted octanol–water partition coefficient (Wildman–Crippen LogP) is 0.0141. The number of carbonyl (C=O) groups excluding carboxylic acids is 2. The van der Waals surface area contributed by atoms with Crippen molar-refractivity contribution in [1.29, 1.82) is 0 Å². The first-order valence-electron chi connectivity index (χ1n) is 5.34. The van der Waals surface area contributed by atoms with E-state index in [1.807, 2.05) is 0 Å². The number of rotatable bonds is 3. The Morgan fingerprint density at radius 2 is 2.05 bits per heavy atom. The molecule has 7 heteroatoms. The van der Waals surface area contributed by atoms with Gasteiger partial charge in [0.25, 0.3) is 5.69 Å². The smallest absolute Gasteiger partial charge is 0.344 e. The third-order valence-electron chi connectivity index (χ3n) is 2.48. The average molecular weight is 262 g/mol. The van der Waals surface area contributed by atoms with Gasteiger partial charge in [-0.05, 0) is 10.7 Å². The number of carbonyl (C=O) groups is 2. The molecule has 2 rings (SSSR count). The van der Waals surface area contributed by atoms with Gasteiger partial charge in [-0.1, -0.05) is 12.1 Å². The highest BCUT2D eigenvalue weighted by Gasteiger charge is 2.28. The monoisotopic (exact) mass is 262 g/mol. The van der Waals surface area contributed by atoms with Crippen LogP contribution in [0.25, 0.3) is 5.69 Å². The molecular formula is C12H10N2O5. The molecule has 0 aliphatic rings. The van der Waals surface area contributed by atoms with Gasteiger partial charge in [0.15, 0.2) is 5.95 Å². The SMILES string of the molecule is COC(=O)c1ccccc1-[n+]1noc([O-])c1C(C)=O. The average Bonchev–Trinajstić information content (AvgIpc) is 2.79. The number of hydrogen-bond donors (Lipinski definition) is 0. The predicted molar refractivity (Wildman–Crippen MR) is 58.8 cm³/mol. The molecule has 0 amide bonds. The molecule has 0 bridgehead atoms. The molecule has 0 N–H and O–H groups in total. The maximum atomic E-state index is 11.6. The minimum absolute atomic E-state index is 0.172. The molecule has 0 fully saturated rings. The molecule has 7 nitrogen and oxygen atoms in total. The van der Waals surface area contributed by atoms with Crippen LogP contribution in [0.1, 0.15) is 27.8 Å². The van der Waals surface area contributed by atoms with Crippen LogP contribution < -0.4 is 9.79 Å². The van der Waals surface area contributed by atoms with Crippen molar-refractivity contribution in [3.05, 3.63) is 35.5 Å². The van der Waals surface area contributed by atoms with E-state index < -0.39 is 17.7 Å². The zero-order valence-electron chi connectivity index (χ0n) is 10.2. The van der Waals surface area contributed by atoms with Gasteiger partial charge in [0, 0.05) is 13.0 Å². The number of benzene rings is 1. The minimum atomic E-state index is -0.854. The molecule has 0 aliphatic carbocycles. The maximum absolute atomic E-state index is 11.6. The summed E-state index contributed by atoms with van der Waals surface area (Å²) in [4.78, 5) is 23.1. The molecule has 1 aromatic heterocycles. The number of methoxy groups -OCH3 is 1. The molecule has 0 saturated heterocycles. The summed E-state index contributed by atoms with van der Waals surface area (Å²) in [7, 11) is 1.23. The molecule has 98 valence electrons. The van der Waals surface area contributed by atoms with Crippen molar-refractivity contribution >= 4 is 11.8 Å². The summed E-state index contributed by atoms with van der Waals surface area (Å²) in [6, 6.07) is 6.29. The highest BCUT2D eigenvalue weighted by atomic mass is 16.6. The van der Waals surface area contributed by atoms with E-state index in [0.717, 1.165) is 4.68 Å². The number of nitrogens with zero attached hydrogens (tertiary/aromatic N) is 2. The fraction of sp³-hybridized carbons (Fsp3) is 0.167. The number of ether oxygens (including phenoxy) is 1. The van der Waals surface area contributed by atoms with Gasteiger partial charge >= 0.3 is 11.7 Å². The Bertz CT molecular complexity index is 647. The van der Waals surface area contributed by atoms with Crippen molar-refractivity contribution < 1.29 is 28.6 Å². The highest BCUT2D eigenvalue weighted by Crippen LogP contribution is 2.14. The molecular weight excluding hydrogens is 252 g/mol. The van der Waals surface area contributed by atoms with E-state index in [4.69, 9.17) is 0 Å². The fourth-order valence-electron chi connectivity index (χ4n) is 1.65. The van der Waals surface area contributed by atoms with Crippen LogP contribution in [0.2, 0.25) is 0 Å². The Balaban J connectivity index is 2.66. The third-order valence-corrected chi connectivity index (χ3v) is 2.48. The van der Waals surface area contributed by atoms with Gasteiger partial charge in [0.05, 0.1) is 12.4 Å². The second-order valence-corrected chi connectivity index (χ2v) is 3.69. The van der Waals surface area contributed by atoms with Crippen molar-refractivity contribution in [2.75, 3.05) is 7.11 Å². The molecule has 1 heterocycles. The lowest BCUT2D eigenvalue weighted by atomic mass is 10.1. The minimum Gasteiger partial charge on any atom is -0.539 e. The summed E-state index contributed by atoms with van der Waals surface area (Å²) >= 11 is 0. The number of para-hydroxylation sites is 1. The van der Waals surface area contributed by atoms with Crippen LogP contribution in [0.5, 0.6) is 5.95 Å². The van der Waals surface area contributed by atoms with Gasteiger partial charge in [-0.25, -0.2) is 4.79 Å². The van der Waals surface area contributed by atoms with Crippen LogP contribution in [0.4, 0.5) is 0 Å². The van der Waals surface area contributed by atoms with Gasteiger partial charge < -0.3 is 14.4 Å². The normalized spacial score (nSPS) is 10.2. The third kappa shape index (κ3) is 2.17. The van der Waals surface area contributed by atoms with Gasteiger partial charge in [0.2, 0.25) is 5.78 Å². The van der Waals surface area contributed by atoms with E-state index >= 15 is 0 Å². The van der Waals surface area contributed by atoms with Crippen molar-refractivity contribution in [3.63, 3.8) is 0 Å². The Hall–Kier alpha value is -2.70. The zero-order chi connectivity index (χ0) is 14.0. The van der Waals surface area contributed by atoms with Crippen LogP contribution in [-0.4, -0.2) is 24.1 Å². The van der Waals surface area contributed by atoms with Crippen LogP contribution in [0.15, 0.2) is 28.8 Å². The molecule has 2 aromatic rings. The van der Waals surface area contributed by atoms with Crippen LogP contribution >= 0.6 is 0 Å². The van der Waals surface area contributed by atoms with Crippen LogP contribution in [-0.2, 0) is 4.74 Å². The lowest BCUT2D eigenvalue weighted by Crippen LogP contribution is -2.40. The van der Waals surface area contributed by atoms with Crippen molar-refractivity contribution in [2.24, 2.45) is 0 Å². The Labute approximate surface area is 108 Å². The van der Waals surface area contributed by atoms with E-state index in [0.29, 0.717) is 0 Å². The van der Waals surface area contributed by atoms with Gasteiger partial charge in [0.1, 0.15) is 5.56 Å². The van der Waals surface area contributed by atoms with E-state index in [2.05, 4.69) is 14.5 Å². The second-order valence-electron chi connectivity index (χ2n) is 3.69. The topological polar surface area (TPSA) is 96.3 Å². The first kappa shape index (κ1) is 12.7. The van der Waals surface area contributed by atoms with E-state index in [1.165, 1.54) is 26.2 Å². The first-order valence-corrected chi connectivity index (χ1v) is 5.34. The number of esters is 1. The standard InChI is InChI=1S/C12H10N2O5/c1-7(15)10-12(17)19-13-14(10)9-6-4-3-5-8(9)11(16)18-2/h3-6H,1-2H3. The van der Waals surface area contributed by atoms with E-state index in [1.54, 1.807) is 12.1 Å². The molecule has 0 radical (unpaired) electrons. The second kappa shape index (κ2) is 4.89. The Morgan fingerprint density at radius 3 is 2.68 bits per heavy atom. The fourth-order valence-corrected chi connectivity index (χ4v) is 1.65. The van der Waals surface area contributed by atoms with Crippen molar-refractivity contribution in [1.82, 2.24) is 5.27 Å². The molecule has 19 heavy (non-hydrogen) atoms. The lowest BCUT2D eigenvalue weighted by Gasteiger charge is -2.00. The van der Waals surface area contributed by atoms with Gasteiger partial charge in [-0.3, -0.25) is 4.79 Å². The maximum Gasteiger partial charge on any atom is 0.344 e. The highest BCUT2D eigenvalue weighted by molar-refractivity contribution is 5.94. The number of ketones is 1. The lowest BCUT2D eigenvalue weighted by molar-refractivity contribution is -0.672. The molecule has 0 aliphatic heterocycles. The number of aromatic nitrogens is 2. The summed E-state index contributed by atoms with van der Waals surface area (Å²) < 4.78 is 10.1. The van der Waals surface area contributed by atoms with Crippen LogP contribution in [0.3, 0.4) is 0 Å².